The van der Waals surface area contributed by atoms with Gasteiger partial charge in [0.25, 0.3) is 0 Å². The van der Waals surface area contributed by atoms with Crippen molar-refractivity contribution in [1.82, 2.24) is 4.98 Å². The van der Waals surface area contributed by atoms with E-state index in [4.69, 9.17) is 20.0 Å². The first kappa shape index (κ1) is 44.7. The molecular weight excluding hydrogens is 662 g/mol. The monoisotopic (exact) mass is 729 g/mol. The van der Waals surface area contributed by atoms with Gasteiger partial charge in [-0.25, -0.2) is 4.79 Å². The maximum absolute atomic E-state index is 12.7. The lowest BCUT2D eigenvalue weighted by Crippen LogP contribution is -2.28. The van der Waals surface area contributed by atoms with Crippen LogP contribution in [0, 0.1) is 23.7 Å². The molecule has 1 heterocycles. The van der Waals surface area contributed by atoms with E-state index in [1.165, 1.54) is 64.2 Å². The molecule has 1 aromatic rings. The van der Waals surface area contributed by atoms with Crippen LogP contribution in [0.25, 0.3) is 0 Å². The summed E-state index contributed by atoms with van der Waals surface area (Å²) < 4.78 is 10.6. The Bertz CT molecular complexity index is 1240. The van der Waals surface area contributed by atoms with Crippen molar-refractivity contribution in [3.8, 4) is 0 Å². The molecule has 11 nitrogen and oxygen atoms in total. The zero-order valence-corrected chi connectivity index (χ0v) is 32.8. The summed E-state index contributed by atoms with van der Waals surface area (Å²) in [5.41, 5.74) is 5.61. The highest BCUT2D eigenvalue weighted by molar-refractivity contribution is 5.84. The Morgan fingerprint density at radius 3 is 1.73 bits per heavy atom. The third-order valence-corrected chi connectivity index (χ3v) is 9.49. The minimum absolute atomic E-state index is 0.0151. The number of carboxylic acids is 1. The number of hydrogen-bond acceptors (Lipinski definition) is 9. The van der Waals surface area contributed by atoms with E-state index in [0.29, 0.717) is 19.3 Å². The maximum atomic E-state index is 12.7. The molecule has 3 rings (SSSR count). The van der Waals surface area contributed by atoms with E-state index in [1.54, 1.807) is 39.2 Å². The molecule has 0 spiro atoms. The van der Waals surface area contributed by atoms with Gasteiger partial charge >= 0.3 is 23.9 Å². The fourth-order valence-electron chi connectivity index (χ4n) is 6.96. The van der Waals surface area contributed by atoms with Gasteiger partial charge in [0.05, 0.1) is 24.7 Å². The number of oxime groups is 1. The minimum atomic E-state index is -0.885. The van der Waals surface area contributed by atoms with E-state index in [0.717, 1.165) is 43.1 Å². The smallest absolute Gasteiger partial charge is 0.338 e. The van der Waals surface area contributed by atoms with Crippen molar-refractivity contribution in [3.05, 3.63) is 30.1 Å². The van der Waals surface area contributed by atoms with Crippen molar-refractivity contribution in [1.29, 1.82) is 0 Å². The number of esters is 2. The molecule has 294 valence electrons. The number of carbonyl (C=O) groups is 4. The lowest BCUT2D eigenvalue weighted by molar-refractivity contribution is -0.161. The summed E-state index contributed by atoms with van der Waals surface area (Å²) in [6, 6.07) is 3.67. The van der Waals surface area contributed by atoms with Crippen LogP contribution in [-0.2, 0) is 39.9 Å². The van der Waals surface area contributed by atoms with Crippen molar-refractivity contribution < 1.29 is 38.6 Å². The fourth-order valence-corrected chi connectivity index (χ4v) is 6.96. The van der Waals surface area contributed by atoms with Gasteiger partial charge in [0.2, 0.25) is 0 Å². The quantitative estimate of drug-likeness (QED) is 0.0520. The van der Waals surface area contributed by atoms with Crippen LogP contribution in [-0.4, -0.2) is 51.0 Å². The van der Waals surface area contributed by atoms with Crippen LogP contribution in [0.5, 0.6) is 0 Å². The molecule has 11 heteroatoms. The van der Waals surface area contributed by atoms with Crippen molar-refractivity contribution in [3.63, 3.8) is 0 Å². The Morgan fingerprint density at radius 2 is 1.29 bits per heavy atom. The van der Waals surface area contributed by atoms with Gasteiger partial charge in [0, 0.05) is 18.8 Å². The van der Waals surface area contributed by atoms with Crippen LogP contribution in [0.2, 0.25) is 0 Å². The number of pyridine rings is 1. The maximum Gasteiger partial charge on any atom is 0.338 e. The predicted molar refractivity (Wildman–Crippen MR) is 202 cm³/mol. The molecular formula is C41H67N3O8. The van der Waals surface area contributed by atoms with E-state index in [-0.39, 0.29) is 18.7 Å². The molecule has 0 unspecified atom stereocenters. The van der Waals surface area contributed by atoms with Crippen LogP contribution in [0.1, 0.15) is 163 Å². The molecule has 52 heavy (non-hydrogen) atoms. The summed E-state index contributed by atoms with van der Waals surface area (Å²) in [5.74, 6) is -1.77. The number of rotatable bonds is 17. The number of carboxylic acid groups (broad SMARTS) is 1. The minimum Gasteiger partial charge on any atom is -0.481 e. The molecule has 0 bridgehead atoms. The lowest BCUT2D eigenvalue weighted by atomic mass is 9.84. The normalized spacial score (nSPS) is 17.2. The molecule has 2 fully saturated rings. The molecule has 2 atom stereocenters. The third kappa shape index (κ3) is 21.1. The second-order valence-corrected chi connectivity index (χ2v) is 16.7. The highest BCUT2D eigenvalue weighted by atomic mass is 16.7. The fraction of sp³-hybridized carbons (Fsp3) is 0.756. The van der Waals surface area contributed by atoms with Crippen molar-refractivity contribution in [2.75, 3.05) is 0 Å². The van der Waals surface area contributed by atoms with Crippen LogP contribution in [0.3, 0.4) is 0 Å². The highest BCUT2D eigenvalue weighted by Crippen LogP contribution is 2.30. The van der Waals surface area contributed by atoms with Crippen LogP contribution < -0.4 is 5.73 Å². The number of nitrogens with zero attached hydrogens (tertiary/aromatic N) is 2. The SMILES string of the molecule is CC(C)(C)OC(=O)C[C@@H](CCCC1CCCCC1)C(=O)O.CC(C)(C)OC(=O)C[C@@H](CCCC1CCCCC1)C(=O)O/N=C(\N)Cc1cccnc1. The number of nitrogens with two attached hydrogens (primary N) is 1. The Kier molecular flexibility index (Phi) is 19.9. The molecule has 0 aliphatic heterocycles. The molecule has 2 aliphatic rings. The summed E-state index contributed by atoms with van der Waals surface area (Å²) >= 11 is 0. The molecule has 0 amide bonds. The largest absolute Gasteiger partial charge is 0.481 e. The van der Waals surface area contributed by atoms with E-state index < -0.39 is 46.9 Å². The van der Waals surface area contributed by atoms with E-state index >= 15 is 0 Å². The van der Waals surface area contributed by atoms with Crippen molar-refractivity contribution in [2.24, 2.45) is 34.6 Å². The third-order valence-electron chi connectivity index (χ3n) is 9.49. The molecule has 0 saturated heterocycles. The van der Waals surface area contributed by atoms with Gasteiger partial charge in [-0.1, -0.05) is 101 Å². The molecule has 0 radical (unpaired) electrons. The summed E-state index contributed by atoms with van der Waals surface area (Å²) in [6.07, 6.45) is 21.7. The van der Waals surface area contributed by atoms with Crippen LogP contribution in [0.15, 0.2) is 29.7 Å². The number of hydrogen-bond donors (Lipinski definition) is 2. The highest BCUT2D eigenvalue weighted by Gasteiger charge is 2.28. The average molecular weight is 730 g/mol. The molecule has 2 aliphatic carbocycles. The molecule has 1 aromatic heterocycles. The first-order valence-corrected chi connectivity index (χ1v) is 19.6. The number of aromatic nitrogens is 1. The molecule has 0 aromatic carbocycles. The standard InChI is InChI=1S/C24H37N3O4.C17H30O4/c1-24(2,3)30-22(28)16-20(13-7-11-18-9-5-4-6-10-18)23(29)31-27-21(25)15-19-12-8-14-26-17-19;1-17(2,3)21-15(18)12-14(16(19)20)11-7-10-13-8-5-4-6-9-13/h8,12,14,17-18,20H,4-7,9-11,13,15-16H2,1-3H3,(H2,25,27);13-14H,4-12H2,1-3H3,(H,19,20)/t20-;14-/m11/s1. The summed E-state index contributed by atoms with van der Waals surface area (Å²) in [6.45, 7) is 10.8. The van der Waals surface area contributed by atoms with E-state index in [1.807, 2.05) is 26.8 Å². The van der Waals surface area contributed by atoms with Gasteiger partial charge in [0.15, 0.2) is 0 Å². The molecule has 2 saturated carbocycles. The topological polar surface area (TPSA) is 167 Å². The van der Waals surface area contributed by atoms with Crippen LogP contribution in [0.4, 0.5) is 0 Å². The first-order valence-electron chi connectivity index (χ1n) is 19.6. The first-order chi connectivity index (χ1) is 24.5. The van der Waals surface area contributed by atoms with Gasteiger partial charge in [0.1, 0.15) is 17.0 Å². The van der Waals surface area contributed by atoms with Crippen molar-refractivity contribution >= 4 is 29.7 Å². The molecule has 3 N–H and O–H groups in total. The van der Waals surface area contributed by atoms with Gasteiger partial charge < -0.3 is 25.2 Å². The van der Waals surface area contributed by atoms with Gasteiger partial charge in [-0.05, 0) is 77.8 Å². The average Bonchev–Trinajstić information content (AvgIpc) is 3.06. The number of amidine groups is 1. The number of carbonyl (C=O) groups excluding carboxylic acids is 3. The number of aliphatic carboxylic acids is 1. The predicted octanol–water partition coefficient (Wildman–Crippen LogP) is 8.71. The Hall–Kier alpha value is -3.50. The zero-order valence-electron chi connectivity index (χ0n) is 32.8. The van der Waals surface area contributed by atoms with Crippen LogP contribution >= 0.6 is 0 Å². The summed E-state index contributed by atoms with van der Waals surface area (Å²) in [5, 5.41) is 13.0. The van der Waals surface area contributed by atoms with Crippen molar-refractivity contribution in [2.45, 2.75) is 175 Å². The number of ether oxygens (including phenoxy) is 2. The Morgan fingerprint density at radius 1 is 0.808 bits per heavy atom. The van der Waals surface area contributed by atoms with Gasteiger partial charge in [-0.2, -0.15) is 0 Å². The zero-order chi connectivity index (χ0) is 38.6. The second-order valence-electron chi connectivity index (χ2n) is 16.7. The summed E-state index contributed by atoms with van der Waals surface area (Å²) in [7, 11) is 0. The lowest BCUT2D eigenvalue weighted by Gasteiger charge is -2.23. The van der Waals surface area contributed by atoms with E-state index in [9.17, 15) is 24.3 Å². The summed E-state index contributed by atoms with van der Waals surface area (Å²) in [4.78, 5) is 57.2. The van der Waals surface area contributed by atoms with Gasteiger partial charge in [-0.3, -0.25) is 19.4 Å². The Balaban J connectivity index is 0.000000389. The van der Waals surface area contributed by atoms with Gasteiger partial charge in [-0.15, -0.1) is 0 Å². The second kappa shape index (κ2) is 23.2. The van der Waals surface area contributed by atoms with E-state index in [2.05, 4.69) is 10.1 Å². The Labute approximate surface area is 312 Å².